The lowest BCUT2D eigenvalue weighted by molar-refractivity contribution is -0.143. The van der Waals surface area contributed by atoms with Gasteiger partial charge in [0.2, 0.25) is 0 Å². The molecule has 0 saturated carbocycles. The molecule has 0 aliphatic heterocycles. The summed E-state index contributed by atoms with van der Waals surface area (Å²) < 4.78 is 4.77. The van der Waals surface area contributed by atoms with Gasteiger partial charge in [0, 0.05) is 6.42 Å². The first kappa shape index (κ1) is 10.3. The van der Waals surface area contributed by atoms with Gasteiger partial charge < -0.3 is 4.74 Å². The number of carbonyl (C=O) groups excluding carboxylic acids is 1. The summed E-state index contributed by atoms with van der Waals surface area (Å²) in [7, 11) is 0. The van der Waals surface area contributed by atoms with Crippen molar-refractivity contribution in [3.8, 4) is 0 Å². The van der Waals surface area contributed by atoms with Crippen LogP contribution in [0.3, 0.4) is 0 Å². The van der Waals surface area contributed by atoms with Crippen molar-refractivity contribution in [2.45, 2.75) is 19.8 Å². The lowest BCUT2D eigenvalue weighted by Crippen LogP contribution is -2.06. The fourth-order valence-corrected chi connectivity index (χ4v) is 0.618. The van der Waals surface area contributed by atoms with Gasteiger partial charge >= 0.3 is 5.97 Å². The van der Waals surface area contributed by atoms with E-state index in [-0.39, 0.29) is 5.97 Å². The van der Waals surface area contributed by atoms with E-state index in [1.165, 1.54) is 0 Å². The Morgan fingerprint density at radius 3 is 3.00 bits per heavy atom. The van der Waals surface area contributed by atoms with E-state index in [2.05, 4.69) is 22.4 Å². The molecule has 0 N–H and O–H groups in total. The van der Waals surface area contributed by atoms with Crippen molar-refractivity contribution in [2.24, 2.45) is 4.99 Å². The summed E-state index contributed by atoms with van der Waals surface area (Å²) >= 11 is 4.33. The summed E-state index contributed by atoms with van der Waals surface area (Å²) in [5.74, 6) is -0.174. The molecule has 0 heterocycles. The van der Waals surface area contributed by atoms with Crippen LogP contribution in [0.25, 0.3) is 0 Å². The molecule has 11 heavy (non-hydrogen) atoms. The number of carbonyl (C=O) groups is 1. The van der Waals surface area contributed by atoms with Crippen molar-refractivity contribution < 1.29 is 9.53 Å². The van der Waals surface area contributed by atoms with Crippen LogP contribution >= 0.6 is 12.2 Å². The SMILES string of the molecule is CCCC(=O)OCCN=C=S. The zero-order chi connectivity index (χ0) is 8.53. The Morgan fingerprint density at radius 1 is 1.73 bits per heavy atom. The molecule has 0 atom stereocenters. The second-order valence-corrected chi connectivity index (χ2v) is 2.13. The number of ether oxygens (including phenoxy) is 1. The molecule has 62 valence electrons. The number of thiocarbonyl (C=S) groups is 1. The molecule has 0 aliphatic carbocycles. The highest BCUT2D eigenvalue weighted by Crippen LogP contribution is 1.90. The molecule has 0 aromatic heterocycles. The van der Waals surface area contributed by atoms with Crippen LogP contribution in [-0.2, 0) is 9.53 Å². The molecular weight excluding hydrogens is 162 g/mol. The van der Waals surface area contributed by atoms with Gasteiger partial charge in [-0.15, -0.1) is 0 Å². The van der Waals surface area contributed by atoms with Crippen LogP contribution in [0, 0.1) is 0 Å². The third kappa shape index (κ3) is 7.16. The van der Waals surface area contributed by atoms with E-state index >= 15 is 0 Å². The standard InChI is InChI=1S/C7H11NO2S/c1-2-3-7(9)10-5-4-8-6-11/h2-5H2,1H3. The van der Waals surface area contributed by atoms with Gasteiger partial charge in [-0.25, -0.2) is 4.99 Å². The molecule has 0 fully saturated rings. The Hall–Kier alpha value is -0.730. The molecule has 0 rings (SSSR count). The van der Waals surface area contributed by atoms with Crippen LogP contribution in [-0.4, -0.2) is 24.3 Å². The smallest absolute Gasteiger partial charge is 0.305 e. The number of nitrogens with zero attached hydrogens (tertiary/aromatic N) is 1. The summed E-state index contributed by atoms with van der Waals surface area (Å²) in [6.45, 7) is 2.65. The van der Waals surface area contributed by atoms with Crippen LogP contribution in [0.5, 0.6) is 0 Å². The first-order chi connectivity index (χ1) is 5.31. The van der Waals surface area contributed by atoms with Gasteiger partial charge in [-0.1, -0.05) is 6.92 Å². The molecule has 0 unspecified atom stereocenters. The Morgan fingerprint density at radius 2 is 2.45 bits per heavy atom. The fourth-order valence-electron chi connectivity index (χ4n) is 0.527. The van der Waals surface area contributed by atoms with E-state index < -0.39 is 0 Å². The topological polar surface area (TPSA) is 38.7 Å². The highest BCUT2D eigenvalue weighted by molar-refractivity contribution is 7.78. The molecule has 4 heteroatoms. The van der Waals surface area contributed by atoms with Crippen molar-refractivity contribution in [2.75, 3.05) is 13.2 Å². The molecule has 0 amide bonds. The lowest BCUT2D eigenvalue weighted by Gasteiger charge is -1.99. The molecule has 0 aromatic carbocycles. The van der Waals surface area contributed by atoms with Gasteiger partial charge in [0.25, 0.3) is 0 Å². The maximum atomic E-state index is 10.7. The van der Waals surface area contributed by atoms with Crippen molar-refractivity contribution in [1.82, 2.24) is 0 Å². The van der Waals surface area contributed by atoms with E-state index in [0.29, 0.717) is 19.6 Å². The Bertz CT molecular complexity index is 164. The summed E-state index contributed by atoms with van der Waals surface area (Å²) in [5.41, 5.74) is 0. The Kier molecular flexibility index (Phi) is 6.89. The average Bonchev–Trinajstić information content (AvgIpc) is 1.99. The molecule has 0 saturated heterocycles. The zero-order valence-corrected chi connectivity index (χ0v) is 7.32. The number of aliphatic imine (C=N–C) groups is 1. The molecule has 0 spiro atoms. The largest absolute Gasteiger partial charge is 0.464 e. The zero-order valence-electron chi connectivity index (χ0n) is 6.50. The van der Waals surface area contributed by atoms with E-state index in [9.17, 15) is 4.79 Å². The highest BCUT2D eigenvalue weighted by Gasteiger charge is 1.97. The highest BCUT2D eigenvalue weighted by atomic mass is 32.1. The summed E-state index contributed by atoms with van der Waals surface area (Å²) in [6.07, 6.45) is 1.29. The van der Waals surface area contributed by atoms with Gasteiger partial charge in [0.15, 0.2) is 0 Å². The van der Waals surface area contributed by atoms with Crippen molar-refractivity contribution in [1.29, 1.82) is 0 Å². The van der Waals surface area contributed by atoms with Gasteiger partial charge in [0.05, 0.1) is 11.7 Å². The predicted octanol–water partition coefficient (Wildman–Crippen LogP) is 1.43. The number of hydrogen-bond donors (Lipinski definition) is 0. The van der Waals surface area contributed by atoms with Gasteiger partial charge in [-0.05, 0) is 18.6 Å². The van der Waals surface area contributed by atoms with Crippen molar-refractivity contribution in [3.63, 3.8) is 0 Å². The minimum Gasteiger partial charge on any atom is -0.464 e. The normalized spacial score (nSPS) is 8.45. The second-order valence-electron chi connectivity index (χ2n) is 1.94. The van der Waals surface area contributed by atoms with Gasteiger partial charge in [-0.3, -0.25) is 4.79 Å². The number of esters is 1. The molecule has 0 aromatic rings. The number of isothiocyanates is 1. The van der Waals surface area contributed by atoms with E-state index in [4.69, 9.17) is 4.74 Å². The van der Waals surface area contributed by atoms with Gasteiger partial charge in [0.1, 0.15) is 6.61 Å². The summed E-state index contributed by atoms with van der Waals surface area (Å²) in [4.78, 5) is 14.3. The van der Waals surface area contributed by atoms with E-state index in [0.717, 1.165) is 6.42 Å². The lowest BCUT2D eigenvalue weighted by atomic mass is 10.3. The number of rotatable bonds is 5. The van der Waals surface area contributed by atoms with Crippen LogP contribution in [0.1, 0.15) is 19.8 Å². The second kappa shape index (κ2) is 7.38. The van der Waals surface area contributed by atoms with Crippen molar-refractivity contribution in [3.05, 3.63) is 0 Å². The van der Waals surface area contributed by atoms with Crippen LogP contribution in [0.4, 0.5) is 0 Å². The first-order valence-corrected chi connectivity index (χ1v) is 3.91. The fraction of sp³-hybridized carbons (Fsp3) is 0.714. The quantitative estimate of drug-likeness (QED) is 0.273. The Balaban J connectivity index is 3.23. The van der Waals surface area contributed by atoms with Crippen LogP contribution in [0.2, 0.25) is 0 Å². The molecule has 0 aliphatic rings. The third-order valence-corrected chi connectivity index (χ3v) is 1.11. The number of hydrogen-bond acceptors (Lipinski definition) is 4. The molecular formula is C7H11NO2S. The van der Waals surface area contributed by atoms with Crippen LogP contribution in [0.15, 0.2) is 4.99 Å². The molecule has 0 bridgehead atoms. The van der Waals surface area contributed by atoms with E-state index in [1.54, 1.807) is 0 Å². The predicted molar refractivity (Wildman–Crippen MR) is 45.8 cm³/mol. The minimum absolute atomic E-state index is 0.174. The van der Waals surface area contributed by atoms with E-state index in [1.807, 2.05) is 6.92 Å². The van der Waals surface area contributed by atoms with Gasteiger partial charge in [-0.2, -0.15) is 0 Å². The Labute approximate surface area is 71.5 Å². The van der Waals surface area contributed by atoms with Crippen molar-refractivity contribution >= 4 is 23.3 Å². The first-order valence-electron chi connectivity index (χ1n) is 3.50. The molecule has 3 nitrogen and oxygen atoms in total. The summed E-state index contributed by atoms with van der Waals surface area (Å²) in [5, 5.41) is 2.19. The third-order valence-electron chi connectivity index (χ3n) is 0.985. The molecule has 0 radical (unpaired) electrons. The maximum absolute atomic E-state index is 10.7. The van der Waals surface area contributed by atoms with Crippen LogP contribution < -0.4 is 0 Å². The minimum atomic E-state index is -0.174. The maximum Gasteiger partial charge on any atom is 0.305 e. The summed E-state index contributed by atoms with van der Waals surface area (Å²) in [6, 6.07) is 0. The monoisotopic (exact) mass is 173 g/mol. The average molecular weight is 173 g/mol.